The van der Waals surface area contributed by atoms with Crippen LogP contribution in [-0.2, 0) is 0 Å². The van der Waals surface area contributed by atoms with Crippen molar-refractivity contribution in [1.29, 1.82) is 5.26 Å². The summed E-state index contributed by atoms with van der Waals surface area (Å²) in [6.45, 7) is 0. The number of rotatable bonds is 2. The molecule has 4 nitrogen and oxygen atoms in total. The summed E-state index contributed by atoms with van der Waals surface area (Å²) in [5.41, 5.74) is 1.24. The van der Waals surface area contributed by atoms with E-state index in [4.69, 9.17) is 11.6 Å². The highest BCUT2D eigenvalue weighted by Gasteiger charge is 2.19. The van der Waals surface area contributed by atoms with Gasteiger partial charge in [-0.15, -0.1) is 5.10 Å². The summed E-state index contributed by atoms with van der Waals surface area (Å²) in [7, 11) is 0. The smallest absolute Gasteiger partial charge is 0.191 e. The molecule has 0 atom stereocenters. The predicted molar refractivity (Wildman–Crippen MR) is 76.5 cm³/mol. The molecule has 0 saturated heterocycles. The van der Waals surface area contributed by atoms with E-state index < -0.39 is 5.82 Å². The van der Waals surface area contributed by atoms with Crippen molar-refractivity contribution in [3.05, 3.63) is 65.1 Å². The Labute approximate surface area is 125 Å². The molecule has 21 heavy (non-hydrogen) atoms. The van der Waals surface area contributed by atoms with Gasteiger partial charge in [-0.1, -0.05) is 47.1 Å². The fraction of sp³-hybridized carbons (Fsp3) is 0. The van der Waals surface area contributed by atoms with Gasteiger partial charge in [-0.05, 0) is 18.2 Å². The predicted octanol–water partition coefficient (Wildman–Crippen LogP) is 3.60. The SMILES string of the molecule is N#Cc1nnn(-c2ccccc2F)c1-c1ccccc1Cl. The van der Waals surface area contributed by atoms with Crippen molar-refractivity contribution in [3.63, 3.8) is 0 Å². The average Bonchev–Trinajstić information content (AvgIpc) is 2.92. The molecule has 0 aliphatic carbocycles. The molecular weight excluding hydrogens is 291 g/mol. The van der Waals surface area contributed by atoms with Gasteiger partial charge in [0.1, 0.15) is 23.3 Å². The minimum atomic E-state index is -0.458. The summed E-state index contributed by atoms with van der Waals surface area (Å²) in [6, 6.07) is 15.1. The zero-order chi connectivity index (χ0) is 14.8. The zero-order valence-corrected chi connectivity index (χ0v) is 11.4. The second-order valence-corrected chi connectivity index (χ2v) is 4.65. The van der Waals surface area contributed by atoms with Crippen LogP contribution in [0.15, 0.2) is 48.5 Å². The molecule has 0 amide bonds. The van der Waals surface area contributed by atoms with Gasteiger partial charge in [0, 0.05) is 5.56 Å². The van der Waals surface area contributed by atoms with Gasteiger partial charge < -0.3 is 0 Å². The number of hydrogen-bond acceptors (Lipinski definition) is 3. The van der Waals surface area contributed by atoms with Crippen LogP contribution in [0.5, 0.6) is 0 Å². The van der Waals surface area contributed by atoms with Crippen molar-refractivity contribution in [2.45, 2.75) is 0 Å². The standard InChI is InChI=1S/C15H8ClFN4/c16-11-6-2-1-5-10(11)15-13(9-18)19-20-21(15)14-8-4-3-7-12(14)17/h1-8H. The number of benzene rings is 2. The highest BCUT2D eigenvalue weighted by atomic mass is 35.5. The first-order valence-corrected chi connectivity index (χ1v) is 6.46. The van der Waals surface area contributed by atoms with Crippen LogP contribution in [0.4, 0.5) is 4.39 Å². The number of aromatic nitrogens is 3. The Hall–Kier alpha value is -2.71. The molecule has 1 heterocycles. The summed E-state index contributed by atoms with van der Waals surface area (Å²) < 4.78 is 15.3. The quantitative estimate of drug-likeness (QED) is 0.726. The first-order chi connectivity index (χ1) is 10.2. The Kier molecular flexibility index (Phi) is 3.38. The number of halogens is 2. The lowest BCUT2D eigenvalue weighted by atomic mass is 10.1. The third kappa shape index (κ3) is 2.26. The minimum Gasteiger partial charge on any atom is -0.208 e. The first-order valence-electron chi connectivity index (χ1n) is 6.08. The van der Waals surface area contributed by atoms with E-state index in [1.807, 2.05) is 6.07 Å². The van der Waals surface area contributed by atoms with Gasteiger partial charge in [-0.2, -0.15) is 5.26 Å². The van der Waals surface area contributed by atoms with Crippen LogP contribution in [0.2, 0.25) is 5.02 Å². The molecular formula is C15H8ClFN4. The molecule has 0 fully saturated rings. The fourth-order valence-corrected chi connectivity index (χ4v) is 2.27. The molecule has 0 aliphatic heterocycles. The van der Waals surface area contributed by atoms with Gasteiger partial charge in [-0.25, -0.2) is 9.07 Å². The van der Waals surface area contributed by atoms with Gasteiger partial charge in [0.05, 0.1) is 5.02 Å². The molecule has 2 aromatic carbocycles. The zero-order valence-electron chi connectivity index (χ0n) is 10.7. The third-order valence-corrected chi connectivity index (χ3v) is 3.32. The molecule has 6 heteroatoms. The molecule has 0 saturated carbocycles. The maximum Gasteiger partial charge on any atom is 0.191 e. The second-order valence-electron chi connectivity index (χ2n) is 4.24. The van der Waals surface area contributed by atoms with Crippen molar-refractivity contribution < 1.29 is 4.39 Å². The Balaban J connectivity index is 2.31. The number of nitrogens with zero attached hydrogens (tertiary/aromatic N) is 4. The Bertz CT molecular complexity index is 851. The molecule has 0 spiro atoms. The van der Waals surface area contributed by atoms with Gasteiger partial charge in [0.2, 0.25) is 0 Å². The summed E-state index contributed by atoms with van der Waals surface area (Å²) in [5, 5.41) is 17.3. The van der Waals surface area contributed by atoms with Crippen LogP contribution >= 0.6 is 11.6 Å². The van der Waals surface area contributed by atoms with Crippen LogP contribution in [0.3, 0.4) is 0 Å². The molecule has 1 aromatic heterocycles. The highest BCUT2D eigenvalue weighted by Crippen LogP contribution is 2.31. The van der Waals surface area contributed by atoms with E-state index in [1.165, 1.54) is 10.7 Å². The number of hydrogen-bond donors (Lipinski definition) is 0. The van der Waals surface area contributed by atoms with Crippen LogP contribution < -0.4 is 0 Å². The molecule has 102 valence electrons. The third-order valence-electron chi connectivity index (χ3n) is 2.99. The topological polar surface area (TPSA) is 54.5 Å². The van der Waals surface area contributed by atoms with E-state index in [1.54, 1.807) is 42.5 Å². The second kappa shape index (κ2) is 5.35. The normalized spacial score (nSPS) is 10.3. The molecule has 0 bridgehead atoms. The van der Waals surface area contributed by atoms with Gasteiger partial charge >= 0.3 is 0 Å². The van der Waals surface area contributed by atoms with E-state index in [0.717, 1.165) is 0 Å². The van der Waals surface area contributed by atoms with Crippen LogP contribution in [0.25, 0.3) is 16.9 Å². The van der Waals surface area contributed by atoms with Crippen molar-refractivity contribution in [2.75, 3.05) is 0 Å². The fourth-order valence-electron chi connectivity index (χ4n) is 2.04. The maximum atomic E-state index is 14.0. The van der Waals surface area contributed by atoms with Crippen LogP contribution in [0.1, 0.15) is 5.69 Å². The Morgan fingerprint density at radius 3 is 2.52 bits per heavy atom. The lowest BCUT2D eigenvalue weighted by Crippen LogP contribution is -2.02. The Morgan fingerprint density at radius 2 is 1.81 bits per heavy atom. The number of nitriles is 1. The molecule has 0 unspecified atom stereocenters. The van der Waals surface area contributed by atoms with Crippen LogP contribution in [-0.4, -0.2) is 15.0 Å². The molecule has 0 radical (unpaired) electrons. The summed E-state index contributed by atoms with van der Waals surface area (Å²) >= 11 is 6.17. The van der Waals surface area contributed by atoms with Gasteiger partial charge in [0.25, 0.3) is 0 Å². The van der Waals surface area contributed by atoms with E-state index >= 15 is 0 Å². The monoisotopic (exact) mass is 298 g/mol. The van der Waals surface area contributed by atoms with Crippen molar-refractivity contribution in [3.8, 4) is 23.0 Å². The van der Waals surface area contributed by atoms with Crippen molar-refractivity contribution >= 4 is 11.6 Å². The lowest BCUT2D eigenvalue weighted by molar-refractivity contribution is 0.608. The Morgan fingerprint density at radius 1 is 1.10 bits per heavy atom. The summed E-state index contributed by atoms with van der Waals surface area (Å²) in [4.78, 5) is 0. The first kappa shape index (κ1) is 13.3. The molecule has 0 aliphatic rings. The van der Waals surface area contributed by atoms with E-state index in [9.17, 15) is 9.65 Å². The van der Waals surface area contributed by atoms with E-state index in [2.05, 4.69) is 10.3 Å². The summed E-state index contributed by atoms with van der Waals surface area (Å²) in [6.07, 6.45) is 0. The van der Waals surface area contributed by atoms with Crippen LogP contribution in [0, 0.1) is 17.1 Å². The van der Waals surface area contributed by atoms with Crippen molar-refractivity contribution in [2.24, 2.45) is 0 Å². The van der Waals surface area contributed by atoms with E-state index in [0.29, 0.717) is 16.3 Å². The lowest BCUT2D eigenvalue weighted by Gasteiger charge is -2.08. The molecule has 3 aromatic rings. The van der Waals surface area contributed by atoms with E-state index in [-0.39, 0.29) is 11.4 Å². The van der Waals surface area contributed by atoms with Crippen molar-refractivity contribution in [1.82, 2.24) is 15.0 Å². The number of para-hydroxylation sites is 1. The van der Waals surface area contributed by atoms with Gasteiger partial charge in [0.15, 0.2) is 5.69 Å². The highest BCUT2D eigenvalue weighted by molar-refractivity contribution is 6.33. The average molecular weight is 299 g/mol. The summed E-state index contributed by atoms with van der Waals surface area (Å²) in [5.74, 6) is -0.458. The largest absolute Gasteiger partial charge is 0.208 e. The maximum absolute atomic E-state index is 14.0. The van der Waals surface area contributed by atoms with Gasteiger partial charge in [-0.3, -0.25) is 0 Å². The molecule has 3 rings (SSSR count). The minimum absolute atomic E-state index is 0.0892. The molecule has 0 N–H and O–H groups in total.